The van der Waals surface area contributed by atoms with Crippen LogP contribution in [0.5, 0.6) is 5.75 Å². The molecule has 0 radical (unpaired) electrons. The SMILES string of the molecule is CCc1ccc(OC)c(S(=O)(=O)Nc2nnc(C)s2)c1. The van der Waals surface area contributed by atoms with Crippen molar-refractivity contribution >= 4 is 26.5 Å². The Balaban J connectivity index is 2.42. The van der Waals surface area contributed by atoms with Crippen molar-refractivity contribution in [3.05, 3.63) is 28.8 Å². The van der Waals surface area contributed by atoms with Gasteiger partial charge >= 0.3 is 0 Å². The highest BCUT2D eigenvalue weighted by atomic mass is 32.2. The van der Waals surface area contributed by atoms with Crippen LogP contribution in [0, 0.1) is 6.92 Å². The molecule has 0 aliphatic rings. The van der Waals surface area contributed by atoms with Crippen molar-refractivity contribution in [2.75, 3.05) is 11.8 Å². The number of hydrogen-bond acceptors (Lipinski definition) is 6. The second-order valence-electron chi connectivity index (χ2n) is 4.07. The number of hydrogen-bond donors (Lipinski definition) is 1. The molecule has 0 saturated carbocycles. The highest BCUT2D eigenvalue weighted by Gasteiger charge is 2.21. The molecule has 0 fully saturated rings. The van der Waals surface area contributed by atoms with Crippen molar-refractivity contribution in [2.24, 2.45) is 0 Å². The summed E-state index contributed by atoms with van der Waals surface area (Å²) in [7, 11) is -2.30. The van der Waals surface area contributed by atoms with Gasteiger partial charge in [-0.25, -0.2) is 8.42 Å². The number of methoxy groups -OCH3 is 1. The number of aryl methyl sites for hydroxylation is 2. The molecule has 8 heteroatoms. The minimum atomic E-state index is -3.74. The zero-order valence-electron chi connectivity index (χ0n) is 11.4. The molecular formula is C12H15N3O3S2. The molecule has 20 heavy (non-hydrogen) atoms. The summed E-state index contributed by atoms with van der Waals surface area (Å²) in [4.78, 5) is 0.104. The Kier molecular flexibility index (Phi) is 4.24. The zero-order chi connectivity index (χ0) is 14.8. The quantitative estimate of drug-likeness (QED) is 0.915. The van der Waals surface area contributed by atoms with Crippen molar-refractivity contribution in [1.29, 1.82) is 0 Å². The summed E-state index contributed by atoms with van der Waals surface area (Å²) >= 11 is 1.18. The van der Waals surface area contributed by atoms with Gasteiger partial charge in [-0.15, -0.1) is 10.2 Å². The molecule has 0 unspecified atom stereocenters. The molecule has 0 bridgehead atoms. The van der Waals surface area contributed by atoms with Gasteiger partial charge in [0.15, 0.2) is 0 Å². The van der Waals surface area contributed by atoms with Gasteiger partial charge in [0.2, 0.25) is 5.13 Å². The van der Waals surface area contributed by atoms with Crippen molar-refractivity contribution in [3.8, 4) is 5.75 Å². The van der Waals surface area contributed by atoms with Crippen LogP contribution in [0.4, 0.5) is 5.13 Å². The van der Waals surface area contributed by atoms with E-state index in [1.54, 1.807) is 19.1 Å². The largest absolute Gasteiger partial charge is 0.495 e. The fourth-order valence-corrected chi connectivity index (χ4v) is 3.70. The van der Waals surface area contributed by atoms with E-state index in [4.69, 9.17) is 4.74 Å². The van der Waals surface area contributed by atoms with E-state index in [0.717, 1.165) is 12.0 Å². The molecule has 1 N–H and O–H groups in total. The monoisotopic (exact) mass is 313 g/mol. The summed E-state index contributed by atoms with van der Waals surface area (Å²) in [5.74, 6) is 0.302. The van der Waals surface area contributed by atoms with Crippen LogP contribution in [0.25, 0.3) is 0 Å². The molecule has 0 spiro atoms. The Bertz CT molecular complexity index is 710. The van der Waals surface area contributed by atoms with Crippen molar-refractivity contribution in [3.63, 3.8) is 0 Å². The smallest absolute Gasteiger partial charge is 0.267 e. The molecule has 0 aliphatic carbocycles. The Morgan fingerprint density at radius 1 is 1.35 bits per heavy atom. The molecule has 2 rings (SSSR count). The molecule has 0 amide bonds. The third-order valence-electron chi connectivity index (χ3n) is 2.67. The van der Waals surface area contributed by atoms with Gasteiger partial charge in [-0.3, -0.25) is 4.72 Å². The summed E-state index contributed by atoms with van der Waals surface area (Å²) in [6, 6.07) is 5.10. The van der Waals surface area contributed by atoms with E-state index in [0.29, 0.717) is 10.8 Å². The van der Waals surface area contributed by atoms with Crippen LogP contribution in [0.1, 0.15) is 17.5 Å². The molecule has 1 heterocycles. The van der Waals surface area contributed by atoms with E-state index in [1.165, 1.54) is 18.4 Å². The van der Waals surface area contributed by atoms with Gasteiger partial charge in [0, 0.05) is 0 Å². The van der Waals surface area contributed by atoms with Crippen LogP contribution in [0.15, 0.2) is 23.1 Å². The summed E-state index contributed by atoms with van der Waals surface area (Å²) in [5, 5.41) is 8.48. The average molecular weight is 313 g/mol. The number of rotatable bonds is 5. The van der Waals surface area contributed by atoms with E-state index in [9.17, 15) is 8.42 Å². The average Bonchev–Trinajstić information content (AvgIpc) is 2.82. The van der Waals surface area contributed by atoms with E-state index in [-0.39, 0.29) is 10.0 Å². The van der Waals surface area contributed by atoms with E-state index >= 15 is 0 Å². The maximum absolute atomic E-state index is 12.4. The molecule has 2 aromatic rings. The zero-order valence-corrected chi connectivity index (χ0v) is 13.0. The van der Waals surface area contributed by atoms with Gasteiger partial charge in [0.25, 0.3) is 10.0 Å². The van der Waals surface area contributed by atoms with Crippen molar-refractivity contribution in [2.45, 2.75) is 25.2 Å². The minimum Gasteiger partial charge on any atom is -0.495 e. The maximum Gasteiger partial charge on any atom is 0.267 e. The lowest BCUT2D eigenvalue weighted by atomic mass is 10.2. The third kappa shape index (κ3) is 3.07. The highest BCUT2D eigenvalue weighted by molar-refractivity contribution is 7.93. The summed E-state index contributed by atoms with van der Waals surface area (Å²) in [6.07, 6.45) is 0.741. The Morgan fingerprint density at radius 3 is 2.65 bits per heavy atom. The lowest BCUT2D eigenvalue weighted by Gasteiger charge is -2.11. The van der Waals surface area contributed by atoms with E-state index in [1.807, 2.05) is 13.0 Å². The van der Waals surface area contributed by atoms with Crippen molar-refractivity contribution < 1.29 is 13.2 Å². The number of benzene rings is 1. The predicted octanol–water partition coefficient (Wildman–Crippen LogP) is 2.22. The number of ether oxygens (including phenoxy) is 1. The first kappa shape index (κ1) is 14.7. The first-order valence-electron chi connectivity index (χ1n) is 5.96. The number of nitrogens with zero attached hydrogens (tertiary/aromatic N) is 2. The third-order valence-corrected chi connectivity index (χ3v) is 4.92. The highest BCUT2D eigenvalue weighted by Crippen LogP contribution is 2.27. The fraction of sp³-hybridized carbons (Fsp3) is 0.333. The molecule has 0 atom stereocenters. The number of sulfonamides is 1. The first-order chi connectivity index (χ1) is 9.46. The van der Waals surface area contributed by atoms with E-state index < -0.39 is 10.0 Å². The molecule has 0 aliphatic heterocycles. The van der Waals surface area contributed by atoms with E-state index in [2.05, 4.69) is 14.9 Å². The molecular weight excluding hydrogens is 298 g/mol. The number of aromatic nitrogens is 2. The predicted molar refractivity (Wildman–Crippen MR) is 77.8 cm³/mol. The lowest BCUT2D eigenvalue weighted by molar-refractivity contribution is 0.402. The molecule has 1 aromatic carbocycles. The van der Waals surface area contributed by atoms with Gasteiger partial charge in [0.1, 0.15) is 15.7 Å². The second-order valence-corrected chi connectivity index (χ2v) is 6.90. The first-order valence-corrected chi connectivity index (χ1v) is 8.26. The fourth-order valence-electron chi connectivity index (χ4n) is 1.66. The topological polar surface area (TPSA) is 81.2 Å². The standard InChI is InChI=1S/C12H15N3O3S2/c1-4-9-5-6-10(18-3)11(7-9)20(16,17)15-12-14-13-8(2)19-12/h5-7H,4H2,1-3H3,(H,14,15). The Morgan fingerprint density at radius 2 is 2.10 bits per heavy atom. The maximum atomic E-state index is 12.4. The van der Waals surface area contributed by atoms with Gasteiger partial charge in [-0.2, -0.15) is 0 Å². The van der Waals surface area contributed by atoms with Crippen LogP contribution >= 0.6 is 11.3 Å². The lowest BCUT2D eigenvalue weighted by Crippen LogP contribution is -2.14. The van der Waals surface area contributed by atoms with Crippen LogP contribution in [-0.2, 0) is 16.4 Å². The Hall–Kier alpha value is -1.67. The summed E-state index contributed by atoms with van der Waals surface area (Å²) in [6.45, 7) is 3.72. The number of nitrogens with one attached hydrogen (secondary N) is 1. The van der Waals surface area contributed by atoms with Crippen molar-refractivity contribution in [1.82, 2.24) is 10.2 Å². The van der Waals surface area contributed by atoms with Gasteiger partial charge in [-0.05, 0) is 31.0 Å². The molecule has 1 aromatic heterocycles. The minimum absolute atomic E-state index is 0.104. The summed E-state index contributed by atoms with van der Waals surface area (Å²) < 4.78 is 32.4. The van der Waals surface area contributed by atoms with Crippen LogP contribution < -0.4 is 9.46 Å². The van der Waals surface area contributed by atoms with Crippen LogP contribution in [0.2, 0.25) is 0 Å². The Labute approximate surface area is 121 Å². The molecule has 0 saturated heterocycles. The van der Waals surface area contributed by atoms with Gasteiger partial charge in [0.05, 0.1) is 7.11 Å². The number of anilines is 1. The van der Waals surface area contributed by atoms with Gasteiger partial charge in [-0.1, -0.05) is 24.3 Å². The second kappa shape index (κ2) is 5.76. The summed E-state index contributed by atoms with van der Waals surface area (Å²) in [5.41, 5.74) is 0.916. The van der Waals surface area contributed by atoms with Crippen LogP contribution in [0.3, 0.4) is 0 Å². The molecule has 6 nitrogen and oxygen atoms in total. The normalized spacial score (nSPS) is 11.3. The molecule has 108 valence electrons. The van der Waals surface area contributed by atoms with Crippen LogP contribution in [-0.4, -0.2) is 25.7 Å². The van der Waals surface area contributed by atoms with Gasteiger partial charge < -0.3 is 4.74 Å².